The highest BCUT2D eigenvalue weighted by Crippen LogP contribution is 2.14. The molecule has 6 nitrogen and oxygen atoms in total. The normalized spacial score (nSPS) is 18.7. The highest BCUT2D eigenvalue weighted by molar-refractivity contribution is 5.94. The minimum Gasteiger partial charge on any atom is -0.508 e. The van der Waals surface area contributed by atoms with Crippen LogP contribution in [0.25, 0.3) is 0 Å². The number of piperidine rings is 1. The first kappa shape index (κ1) is 17.1. The zero-order valence-corrected chi connectivity index (χ0v) is 13.7. The van der Waals surface area contributed by atoms with E-state index in [0.717, 1.165) is 25.9 Å². The lowest BCUT2D eigenvalue weighted by Crippen LogP contribution is -2.43. The molecule has 0 saturated carbocycles. The molecule has 1 aliphatic rings. The lowest BCUT2D eigenvalue weighted by molar-refractivity contribution is 0.0953. The van der Waals surface area contributed by atoms with E-state index < -0.39 is 0 Å². The molecule has 1 heterocycles. The topological polar surface area (TPSA) is 91.0 Å². The predicted octanol–water partition coefficient (Wildman–Crippen LogP) is 1.56. The maximum absolute atomic E-state index is 11.9. The first-order chi connectivity index (χ1) is 11.1. The largest absolute Gasteiger partial charge is 0.508 e. The molecule has 0 aliphatic carbocycles. The summed E-state index contributed by atoms with van der Waals surface area (Å²) >= 11 is 0. The Kier molecular flexibility index (Phi) is 6.26. The van der Waals surface area contributed by atoms with Gasteiger partial charge >= 0.3 is 0 Å². The van der Waals surface area contributed by atoms with Gasteiger partial charge in [0.15, 0.2) is 5.96 Å². The Morgan fingerprint density at radius 1 is 1.52 bits per heavy atom. The summed E-state index contributed by atoms with van der Waals surface area (Å²) < 4.78 is 0. The van der Waals surface area contributed by atoms with Crippen LogP contribution in [0, 0.1) is 5.92 Å². The molecule has 0 unspecified atom stereocenters. The molecule has 6 heteroatoms. The first-order valence-corrected chi connectivity index (χ1v) is 8.18. The molecule has 1 aromatic carbocycles. The molecule has 0 spiro atoms. The molecule has 23 heavy (non-hydrogen) atoms. The van der Waals surface area contributed by atoms with Gasteiger partial charge in [0.05, 0.1) is 0 Å². The summed E-state index contributed by atoms with van der Waals surface area (Å²) in [4.78, 5) is 18.4. The number of phenols is 1. The van der Waals surface area contributed by atoms with Crippen molar-refractivity contribution in [2.75, 3.05) is 26.2 Å². The van der Waals surface area contributed by atoms with Crippen molar-refractivity contribution in [3.8, 4) is 5.75 Å². The van der Waals surface area contributed by atoms with Gasteiger partial charge in [0.1, 0.15) is 5.75 Å². The Balaban J connectivity index is 1.68. The average molecular weight is 318 g/mol. The predicted molar refractivity (Wildman–Crippen MR) is 91.5 cm³/mol. The van der Waals surface area contributed by atoms with Crippen molar-refractivity contribution in [3.63, 3.8) is 0 Å². The van der Waals surface area contributed by atoms with Crippen molar-refractivity contribution in [2.24, 2.45) is 16.6 Å². The van der Waals surface area contributed by atoms with Gasteiger partial charge in [-0.15, -0.1) is 0 Å². The van der Waals surface area contributed by atoms with Gasteiger partial charge < -0.3 is 21.1 Å². The number of carbonyl (C=O) groups is 1. The highest BCUT2D eigenvalue weighted by atomic mass is 16.3. The number of likely N-dealkylation sites (tertiary alicyclic amines) is 1. The molecule has 1 aliphatic heterocycles. The van der Waals surface area contributed by atoms with Crippen molar-refractivity contribution in [2.45, 2.75) is 26.2 Å². The van der Waals surface area contributed by atoms with Gasteiger partial charge in [-0.1, -0.05) is 13.0 Å². The lowest BCUT2D eigenvalue weighted by atomic mass is 10.0. The van der Waals surface area contributed by atoms with Crippen LogP contribution in [0.2, 0.25) is 0 Å². The third-order valence-corrected chi connectivity index (χ3v) is 3.98. The molecule has 1 fully saturated rings. The van der Waals surface area contributed by atoms with E-state index >= 15 is 0 Å². The number of amides is 1. The molecule has 4 N–H and O–H groups in total. The van der Waals surface area contributed by atoms with Gasteiger partial charge in [-0.05, 0) is 43.4 Å². The minimum absolute atomic E-state index is 0.0887. The molecule has 1 aromatic rings. The van der Waals surface area contributed by atoms with Crippen LogP contribution >= 0.6 is 0 Å². The number of carbonyl (C=O) groups excluding carboxylic acids is 1. The number of hydrogen-bond donors (Lipinski definition) is 3. The number of nitrogens with one attached hydrogen (secondary N) is 1. The fourth-order valence-corrected chi connectivity index (χ4v) is 2.72. The van der Waals surface area contributed by atoms with Gasteiger partial charge in [0, 0.05) is 31.7 Å². The van der Waals surface area contributed by atoms with Crippen molar-refractivity contribution in [3.05, 3.63) is 29.8 Å². The Morgan fingerprint density at radius 2 is 2.35 bits per heavy atom. The number of aliphatic imine (C=N–C) groups is 1. The summed E-state index contributed by atoms with van der Waals surface area (Å²) in [7, 11) is 0. The Labute approximate surface area is 137 Å². The van der Waals surface area contributed by atoms with Crippen LogP contribution in [-0.2, 0) is 0 Å². The number of phenolic OH excluding ortho intramolecular Hbond substituents is 1. The van der Waals surface area contributed by atoms with Crippen LogP contribution in [0.1, 0.15) is 36.5 Å². The van der Waals surface area contributed by atoms with E-state index in [1.165, 1.54) is 18.6 Å². The van der Waals surface area contributed by atoms with Crippen LogP contribution in [0.3, 0.4) is 0 Å². The van der Waals surface area contributed by atoms with Crippen LogP contribution in [0.4, 0.5) is 0 Å². The Hall–Kier alpha value is -2.24. The molecule has 0 bridgehead atoms. The summed E-state index contributed by atoms with van der Waals surface area (Å²) in [6.45, 7) is 5.31. The number of guanidine groups is 1. The summed E-state index contributed by atoms with van der Waals surface area (Å²) in [5, 5.41) is 12.2. The maximum Gasteiger partial charge on any atom is 0.251 e. The van der Waals surface area contributed by atoms with Crippen molar-refractivity contribution in [1.82, 2.24) is 10.2 Å². The quantitative estimate of drug-likeness (QED) is 0.436. The highest BCUT2D eigenvalue weighted by Gasteiger charge is 2.17. The zero-order valence-electron chi connectivity index (χ0n) is 13.7. The van der Waals surface area contributed by atoms with E-state index in [0.29, 0.717) is 30.5 Å². The van der Waals surface area contributed by atoms with Crippen LogP contribution in [0.5, 0.6) is 5.75 Å². The van der Waals surface area contributed by atoms with Crippen LogP contribution < -0.4 is 11.1 Å². The molecule has 126 valence electrons. The fraction of sp³-hybridized carbons (Fsp3) is 0.529. The summed E-state index contributed by atoms with van der Waals surface area (Å²) in [6.07, 6.45) is 3.15. The fourth-order valence-electron chi connectivity index (χ4n) is 2.72. The number of nitrogens with zero attached hydrogens (tertiary/aromatic N) is 2. The van der Waals surface area contributed by atoms with E-state index in [4.69, 9.17) is 5.73 Å². The third-order valence-electron chi connectivity index (χ3n) is 3.98. The SMILES string of the molecule is C[C@@H]1CCCN(C(N)=NCCCNC(=O)c2cccc(O)c2)C1. The van der Waals surface area contributed by atoms with Gasteiger partial charge in [-0.3, -0.25) is 9.79 Å². The second-order valence-electron chi connectivity index (χ2n) is 6.09. The third kappa shape index (κ3) is 5.47. The summed E-state index contributed by atoms with van der Waals surface area (Å²) in [5.74, 6) is 1.17. The number of nitrogens with two attached hydrogens (primary N) is 1. The van der Waals surface area contributed by atoms with Crippen molar-refractivity contribution < 1.29 is 9.90 Å². The molecular formula is C17H26N4O2. The monoisotopic (exact) mass is 318 g/mol. The maximum atomic E-state index is 11.9. The molecule has 0 aromatic heterocycles. The summed E-state index contributed by atoms with van der Waals surface area (Å²) in [6, 6.07) is 6.30. The lowest BCUT2D eigenvalue weighted by Gasteiger charge is -2.31. The van der Waals surface area contributed by atoms with Crippen LogP contribution in [-0.4, -0.2) is 48.1 Å². The van der Waals surface area contributed by atoms with Gasteiger partial charge in [0.25, 0.3) is 5.91 Å². The molecule has 1 saturated heterocycles. The number of hydrogen-bond acceptors (Lipinski definition) is 3. The standard InChI is InChI=1S/C17H26N4O2/c1-13-5-3-10-21(12-13)17(18)20-9-4-8-19-16(23)14-6-2-7-15(22)11-14/h2,6-7,11,13,22H,3-5,8-10,12H2,1H3,(H2,18,20)(H,19,23)/t13-/m1/s1. The second-order valence-corrected chi connectivity index (χ2v) is 6.09. The van der Waals surface area contributed by atoms with E-state index in [1.807, 2.05) is 0 Å². The van der Waals surface area contributed by atoms with Gasteiger partial charge in [0.2, 0.25) is 0 Å². The second kappa shape index (κ2) is 8.41. The number of rotatable bonds is 5. The average Bonchev–Trinajstić information content (AvgIpc) is 2.54. The smallest absolute Gasteiger partial charge is 0.251 e. The molecular weight excluding hydrogens is 292 g/mol. The van der Waals surface area contributed by atoms with Crippen LogP contribution in [0.15, 0.2) is 29.3 Å². The molecule has 1 amide bonds. The van der Waals surface area contributed by atoms with E-state index in [2.05, 4.69) is 22.1 Å². The van der Waals surface area contributed by atoms with Gasteiger partial charge in [-0.2, -0.15) is 0 Å². The van der Waals surface area contributed by atoms with E-state index in [9.17, 15) is 9.90 Å². The van der Waals surface area contributed by atoms with Crippen molar-refractivity contribution >= 4 is 11.9 Å². The molecule has 1 atom stereocenters. The zero-order chi connectivity index (χ0) is 16.7. The minimum atomic E-state index is -0.192. The van der Waals surface area contributed by atoms with E-state index in [-0.39, 0.29) is 11.7 Å². The Bertz CT molecular complexity index is 559. The number of aromatic hydroxyl groups is 1. The van der Waals surface area contributed by atoms with E-state index in [1.54, 1.807) is 12.1 Å². The molecule has 2 rings (SSSR count). The van der Waals surface area contributed by atoms with Gasteiger partial charge in [-0.25, -0.2) is 0 Å². The number of benzene rings is 1. The first-order valence-electron chi connectivity index (χ1n) is 8.18. The van der Waals surface area contributed by atoms with Crippen molar-refractivity contribution in [1.29, 1.82) is 0 Å². The summed E-state index contributed by atoms with van der Waals surface area (Å²) in [5.41, 5.74) is 6.48. The molecule has 0 radical (unpaired) electrons. The Morgan fingerprint density at radius 3 is 3.09 bits per heavy atom.